The maximum Gasteiger partial charge on any atom is 0.227 e. The molecule has 1 saturated heterocycles. The van der Waals surface area contributed by atoms with Gasteiger partial charge in [0, 0.05) is 26.0 Å². The molecule has 1 aromatic rings. The Bertz CT molecular complexity index is 630. The van der Waals surface area contributed by atoms with Gasteiger partial charge in [-0.15, -0.1) is 0 Å². The second-order valence-electron chi connectivity index (χ2n) is 6.18. The van der Waals surface area contributed by atoms with Crippen LogP contribution in [0.1, 0.15) is 25.5 Å². The molecule has 0 radical (unpaired) electrons. The molecule has 1 fully saturated rings. The molecule has 1 aliphatic rings. The second kappa shape index (κ2) is 6.93. The summed E-state index contributed by atoms with van der Waals surface area (Å²) < 4.78 is 31.3. The van der Waals surface area contributed by atoms with Crippen LogP contribution >= 0.6 is 0 Å². The largest absolute Gasteiger partial charge is 0.376 e. The van der Waals surface area contributed by atoms with Crippen LogP contribution in [-0.2, 0) is 27.7 Å². The first-order valence-corrected chi connectivity index (χ1v) is 9.35. The number of rotatable bonds is 7. The molecule has 0 N–H and O–H groups in total. The number of likely N-dealkylation sites (N-methyl/N-ethyl adjacent to an activating group) is 1. The topological polar surface area (TPSA) is 64.4 Å². The first-order valence-electron chi connectivity index (χ1n) is 7.46. The van der Waals surface area contributed by atoms with Crippen LogP contribution in [0.25, 0.3) is 0 Å². The molecule has 1 aliphatic heterocycles. The van der Waals surface area contributed by atoms with Gasteiger partial charge in [-0.05, 0) is 26.8 Å². The van der Waals surface area contributed by atoms with E-state index >= 15 is 0 Å². The number of ether oxygens (including phenoxy) is 1. The zero-order chi connectivity index (χ0) is 16.3. The summed E-state index contributed by atoms with van der Waals surface area (Å²) in [4.78, 5) is 6.23. The second-order valence-corrected chi connectivity index (χ2v) is 8.09. The Balaban J connectivity index is 2.24. The van der Waals surface area contributed by atoms with Crippen LogP contribution < -0.4 is 0 Å². The standard InChI is InChI=1S/C15H25N3O3S/c1-12(2)9-17(3)10-13-8-16-15(22(4,19)20)18(13)11-14-6-5-7-21-14/h8,14H,1,5-7,9-11H2,2-4H3/t14-/m1/s1. The van der Waals surface area contributed by atoms with Gasteiger partial charge >= 0.3 is 0 Å². The van der Waals surface area contributed by atoms with Gasteiger partial charge in [-0.25, -0.2) is 13.4 Å². The fraction of sp³-hybridized carbons (Fsp3) is 0.667. The molecule has 0 saturated carbocycles. The normalized spacial score (nSPS) is 19.0. The van der Waals surface area contributed by atoms with E-state index in [4.69, 9.17) is 4.74 Å². The highest BCUT2D eigenvalue weighted by molar-refractivity contribution is 7.90. The fourth-order valence-electron chi connectivity index (χ4n) is 2.79. The van der Waals surface area contributed by atoms with Crippen molar-refractivity contribution < 1.29 is 13.2 Å². The Morgan fingerprint density at radius 3 is 2.86 bits per heavy atom. The van der Waals surface area contributed by atoms with Crippen molar-refractivity contribution in [2.45, 2.75) is 44.1 Å². The van der Waals surface area contributed by atoms with Crippen LogP contribution in [0.3, 0.4) is 0 Å². The third kappa shape index (κ3) is 4.41. The quantitative estimate of drug-likeness (QED) is 0.710. The molecule has 0 aromatic carbocycles. The van der Waals surface area contributed by atoms with E-state index in [1.165, 1.54) is 6.26 Å². The number of aromatic nitrogens is 2. The third-order valence-electron chi connectivity index (χ3n) is 3.62. The Labute approximate surface area is 132 Å². The Hall–Kier alpha value is -1.18. The maximum atomic E-state index is 12.0. The van der Waals surface area contributed by atoms with Gasteiger partial charge in [0.2, 0.25) is 15.0 Å². The summed E-state index contributed by atoms with van der Waals surface area (Å²) in [7, 11) is -1.37. The number of sulfone groups is 1. The third-order valence-corrected chi connectivity index (χ3v) is 4.60. The number of imidazole rings is 1. The van der Waals surface area contributed by atoms with E-state index < -0.39 is 9.84 Å². The van der Waals surface area contributed by atoms with Crippen molar-refractivity contribution in [2.75, 3.05) is 26.5 Å². The molecule has 1 atom stereocenters. The number of hydrogen-bond donors (Lipinski definition) is 0. The van der Waals surface area contributed by atoms with E-state index in [0.29, 0.717) is 13.1 Å². The van der Waals surface area contributed by atoms with Gasteiger partial charge < -0.3 is 9.30 Å². The lowest BCUT2D eigenvalue weighted by molar-refractivity contribution is 0.0935. The minimum atomic E-state index is -3.35. The van der Waals surface area contributed by atoms with Crippen molar-refractivity contribution in [3.8, 4) is 0 Å². The highest BCUT2D eigenvalue weighted by Gasteiger charge is 2.24. The van der Waals surface area contributed by atoms with Crippen LogP contribution in [0.4, 0.5) is 0 Å². The van der Waals surface area contributed by atoms with Crippen LogP contribution in [0, 0.1) is 0 Å². The van der Waals surface area contributed by atoms with Crippen LogP contribution in [0.15, 0.2) is 23.5 Å². The number of hydrogen-bond acceptors (Lipinski definition) is 5. The monoisotopic (exact) mass is 327 g/mol. The zero-order valence-electron chi connectivity index (χ0n) is 13.6. The van der Waals surface area contributed by atoms with Crippen LogP contribution in [-0.4, -0.2) is 55.4 Å². The van der Waals surface area contributed by atoms with Crippen molar-refractivity contribution in [1.82, 2.24) is 14.5 Å². The lowest BCUT2D eigenvalue weighted by atomic mass is 10.2. The molecule has 7 heteroatoms. The van der Waals surface area contributed by atoms with E-state index in [1.807, 2.05) is 14.0 Å². The van der Waals surface area contributed by atoms with E-state index in [9.17, 15) is 8.42 Å². The molecule has 2 heterocycles. The van der Waals surface area contributed by atoms with E-state index in [1.54, 1.807) is 10.8 Å². The summed E-state index contributed by atoms with van der Waals surface area (Å²) in [5, 5.41) is 0.127. The van der Waals surface area contributed by atoms with E-state index in [0.717, 1.165) is 37.3 Å². The Morgan fingerprint density at radius 1 is 1.59 bits per heavy atom. The molecule has 2 rings (SSSR count). The van der Waals surface area contributed by atoms with Crippen LogP contribution in [0.5, 0.6) is 0 Å². The smallest absolute Gasteiger partial charge is 0.227 e. The molecule has 0 unspecified atom stereocenters. The van der Waals surface area contributed by atoms with Gasteiger partial charge in [0.1, 0.15) is 0 Å². The summed E-state index contributed by atoms with van der Waals surface area (Å²) in [6, 6.07) is 0. The van der Waals surface area contributed by atoms with Crippen molar-refractivity contribution >= 4 is 9.84 Å². The highest BCUT2D eigenvalue weighted by atomic mass is 32.2. The van der Waals surface area contributed by atoms with Gasteiger partial charge in [0.15, 0.2) is 0 Å². The summed E-state index contributed by atoms with van der Waals surface area (Å²) in [5.74, 6) is 0. The highest BCUT2D eigenvalue weighted by Crippen LogP contribution is 2.19. The Morgan fingerprint density at radius 2 is 2.32 bits per heavy atom. The molecule has 22 heavy (non-hydrogen) atoms. The Kier molecular flexibility index (Phi) is 5.41. The minimum absolute atomic E-state index is 0.0693. The molecule has 1 aromatic heterocycles. The molecule has 124 valence electrons. The van der Waals surface area contributed by atoms with Crippen molar-refractivity contribution in [2.24, 2.45) is 0 Å². The summed E-state index contributed by atoms with van der Waals surface area (Å²) in [5.41, 5.74) is 1.95. The maximum absolute atomic E-state index is 12.0. The molecular formula is C15H25N3O3S. The van der Waals surface area contributed by atoms with Crippen molar-refractivity contribution in [1.29, 1.82) is 0 Å². The van der Waals surface area contributed by atoms with Gasteiger partial charge in [-0.2, -0.15) is 0 Å². The van der Waals surface area contributed by atoms with Crippen molar-refractivity contribution in [3.63, 3.8) is 0 Å². The predicted molar refractivity (Wildman–Crippen MR) is 85.5 cm³/mol. The first kappa shape index (κ1) is 17.2. The summed E-state index contributed by atoms with van der Waals surface area (Å²) in [6.07, 6.45) is 4.91. The fourth-order valence-corrected chi connectivity index (χ4v) is 3.63. The van der Waals surface area contributed by atoms with Crippen LogP contribution in [0.2, 0.25) is 0 Å². The van der Waals surface area contributed by atoms with Gasteiger partial charge in [0.05, 0.1) is 24.5 Å². The lowest BCUT2D eigenvalue weighted by Gasteiger charge is -2.20. The lowest BCUT2D eigenvalue weighted by Crippen LogP contribution is -2.25. The first-order chi connectivity index (χ1) is 10.3. The summed E-state index contributed by atoms with van der Waals surface area (Å²) >= 11 is 0. The van der Waals surface area contributed by atoms with E-state index in [-0.39, 0.29) is 11.3 Å². The summed E-state index contributed by atoms with van der Waals surface area (Å²) in [6.45, 7) is 8.56. The van der Waals surface area contributed by atoms with E-state index in [2.05, 4.69) is 16.5 Å². The molecule has 0 aliphatic carbocycles. The van der Waals surface area contributed by atoms with Gasteiger partial charge in [0.25, 0.3) is 0 Å². The average molecular weight is 327 g/mol. The number of nitrogens with zero attached hydrogens (tertiary/aromatic N) is 3. The minimum Gasteiger partial charge on any atom is -0.376 e. The molecule has 0 spiro atoms. The molecule has 6 nitrogen and oxygen atoms in total. The molecule has 0 amide bonds. The SMILES string of the molecule is C=C(C)CN(C)Cc1cnc(S(C)(=O)=O)n1C[C@H]1CCCO1. The predicted octanol–water partition coefficient (Wildman–Crippen LogP) is 1.47. The van der Waals surface area contributed by atoms with Crippen molar-refractivity contribution in [3.05, 3.63) is 24.0 Å². The molecule has 0 bridgehead atoms. The zero-order valence-corrected chi connectivity index (χ0v) is 14.4. The van der Waals surface area contributed by atoms with Gasteiger partial charge in [-0.3, -0.25) is 4.90 Å². The average Bonchev–Trinajstić information content (AvgIpc) is 2.98. The van der Waals surface area contributed by atoms with Gasteiger partial charge in [-0.1, -0.05) is 12.2 Å². The molecular weight excluding hydrogens is 302 g/mol.